The second-order valence-electron chi connectivity index (χ2n) is 2.88. The van der Waals surface area contributed by atoms with Crippen molar-refractivity contribution in [3.05, 3.63) is 29.6 Å². The molecule has 66 valence electrons. The summed E-state index contributed by atoms with van der Waals surface area (Å²) in [4.78, 5) is 4.25. The number of nitrogens with two attached hydrogens (primary N) is 1. The quantitative estimate of drug-likeness (QED) is 0.686. The molecule has 0 radical (unpaired) electrons. The van der Waals surface area contributed by atoms with Crippen LogP contribution in [0.15, 0.2) is 18.2 Å². The zero-order valence-electron chi connectivity index (χ0n) is 7.20. The van der Waals surface area contributed by atoms with Gasteiger partial charge in [0.2, 0.25) is 0 Å². The van der Waals surface area contributed by atoms with Crippen molar-refractivity contribution in [2.75, 3.05) is 0 Å². The molecule has 0 saturated heterocycles. The summed E-state index contributed by atoms with van der Waals surface area (Å²) in [6.45, 7) is 2.20. The first-order chi connectivity index (χ1) is 5.72. The Kier molecular flexibility index (Phi) is 3.19. The van der Waals surface area contributed by atoms with Crippen LogP contribution in [0.3, 0.4) is 0 Å². The van der Waals surface area contributed by atoms with E-state index in [1.54, 1.807) is 6.92 Å². The zero-order valence-corrected chi connectivity index (χ0v) is 7.20. The molecule has 0 fully saturated rings. The van der Waals surface area contributed by atoms with E-state index in [4.69, 9.17) is 10.8 Å². The highest BCUT2D eigenvalue weighted by Crippen LogP contribution is 2.01. The van der Waals surface area contributed by atoms with Crippen LogP contribution >= 0.6 is 0 Å². The van der Waals surface area contributed by atoms with Gasteiger partial charge in [-0.15, -0.1) is 0 Å². The van der Waals surface area contributed by atoms with Gasteiger partial charge in [0.25, 0.3) is 0 Å². The third kappa shape index (κ3) is 2.60. The van der Waals surface area contributed by atoms with Gasteiger partial charge in [0.15, 0.2) is 0 Å². The van der Waals surface area contributed by atoms with Gasteiger partial charge in [-0.3, -0.25) is 4.98 Å². The van der Waals surface area contributed by atoms with Crippen LogP contribution < -0.4 is 5.73 Å². The molecule has 0 bridgehead atoms. The highest BCUT2D eigenvalue weighted by atomic mass is 16.3. The average molecular weight is 166 g/mol. The molecule has 3 heteroatoms. The minimum atomic E-state index is -0.342. The van der Waals surface area contributed by atoms with Gasteiger partial charge in [-0.2, -0.15) is 0 Å². The second-order valence-corrected chi connectivity index (χ2v) is 2.88. The monoisotopic (exact) mass is 166 g/mol. The molecule has 0 aliphatic heterocycles. The van der Waals surface area contributed by atoms with Gasteiger partial charge in [0.1, 0.15) is 0 Å². The summed E-state index contributed by atoms with van der Waals surface area (Å²) in [5.41, 5.74) is 7.19. The molecule has 3 N–H and O–H groups in total. The smallest absolute Gasteiger partial charge is 0.0567 e. The van der Waals surface area contributed by atoms with Gasteiger partial charge in [-0.25, -0.2) is 0 Å². The molecule has 3 nitrogen and oxygen atoms in total. The van der Waals surface area contributed by atoms with Crippen LogP contribution in [-0.2, 0) is 13.0 Å². The number of aliphatic hydroxyl groups excluding tert-OH is 1. The predicted molar refractivity (Wildman–Crippen MR) is 47.5 cm³/mol. The van der Waals surface area contributed by atoms with E-state index in [0.29, 0.717) is 13.0 Å². The van der Waals surface area contributed by atoms with Gasteiger partial charge in [0.05, 0.1) is 11.8 Å². The fourth-order valence-electron chi connectivity index (χ4n) is 1.06. The number of aromatic nitrogens is 1. The number of hydrogen-bond donors (Lipinski definition) is 2. The van der Waals surface area contributed by atoms with Crippen LogP contribution in [0.25, 0.3) is 0 Å². The Hall–Kier alpha value is -0.930. The Morgan fingerprint density at radius 2 is 2.17 bits per heavy atom. The summed E-state index contributed by atoms with van der Waals surface area (Å²) in [5.74, 6) is 0. The highest BCUT2D eigenvalue weighted by molar-refractivity contribution is 5.11. The molecular weight excluding hydrogens is 152 g/mol. The van der Waals surface area contributed by atoms with E-state index in [1.165, 1.54) is 0 Å². The molecule has 1 unspecified atom stereocenters. The van der Waals surface area contributed by atoms with Crippen LogP contribution in [0.4, 0.5) is 0 Å². The molecule has 1 heterocycles. The molecular formula is C9H14N2O. The lowest BCUT2D eigenvalue weighted by atomic mass is 10.2. The van der Waals surface area contributed by atoms with Crippen molar-refractivity contribution in [2.24, 2.45) is 5.73 Å². The third-order valence-electron chi connectivity index (χ3n) is 1.58. The molecule has 12 heavy (non-hydrogen) atoms. The molecule has 0 aliphatic rings. The molecule has 1 aromatic heterocycles. The topological polar surface area (TPSA) is 59.1 Å². The first-order valence-electron chi connectivity index (χ1n) is 4.05. The first-order valence-corrected chi connectivity index (χ1v) is 4.05. The lowest BCUT2D eigenvalue weighted by Gasteiger charge is -2.04. The summed E-state index contributed by atoms with van der Waals surface area (Å²) >= 11 is 0. The largest absolute Gasteiger partial charge is 0.393 e. The predicted octanol–water partition coefficient (Wildman–Crippen LogP) is 0.464. The molecule has 1 rings (SSSR count). The number of aliphatic hydroxyl groups is 1. The summed E-state index contributed by atoms with van der Waals surface area (Å²) in [7, 11) is 0. The standard InChI is InChI=1S/C9H14N2O/c1-7(12)5-8-3-2-4-9(6-10)11-8/h2-4,7,12H,5-6,10H2,1H3. The first kappa shape index (κ1) is 9.16. The van der Waals surface area contributed by atoms with E-state index in [9.17, 15) is 0 Å². The Morgan fingerprint density at radius 1 is 1.50 bits per heavy atom. The number of nitrogens with zero attached hydrogens (tertiary/aromatic N) is 1. The van der Waals surface area contributed by atoms with Crippen LogP contribution in [0.1, 0.15) is 18.3 Å². The van der Waals surface area contributed by atoms with Crippen molar-refractivity contribution < 1.29 is 5.11 Å². The lowest BCUT2D eigenvalue weighted by molar-refractivity contribution is 0.194. The van der Waals surface area contributed by atoms with Crippen molar-refractivity contribution in [3.8, 4) is 0 Å². The highest BCUT2D eigenvalue weighted by Gasteiger charge is 2.00. The Bertz CT molecular complexity index is 248. The van der Waals surface area contributed by atoms with Crippen molar-refractivity contribution in [2.45, 2.75) is 26.0 Å². The lowest BCUT2D eigenvalue weighted by Crippen LogP contribution is -2.08. The van der Waals surface area contributed by atoms with Crippen LogP contribution in [0.5, 0.6) is 0 Å². The number of pyridine rings is 1. The Labute approximate surface area is 72.2 Å². The zero-order chi connectivity index (χ0) is 8.97. The van der Waals surface area contributed by atoms with Gasteiger partial charge >= 0.3 is 0 Å². The third-order valence-corrected chi connectivity index (χ3v) is 1.58. The molecule has 0 spiro atoms. The van der Waals surface area contributed by atoms with Crippen LogP contribution in [0, 0.1) is 0 Å². The average Bonchev–Trinajstić information content (AvgIpc) is 2.03. The van der Waals surface area contributed by atoms with Gasteiger partial charge < -0.3 is 10.8 Å². The van der Waals surface area contributed by atoms with Crippen LogP contribution in [-0.4, -0.2) is 16.2 Å². The van der Waals surface area contributed by atoms with Crippen LogP contribution in [0.2, 0.25) is 0 Å². The maximum atomic E-state index is 9.10. The minimum Gasteiger partial charge on any atom is -0.393 e. The van der Waals surface area contributed by atoms with E-state index in [1.807, 2.05) is 18.2 Å². The number of hydrogen-bond acceptors (Lipinski definition) is 3. The minimum absolute atomic E-state index is 0.342. The van der Waals surface area contributed by atoms with E-state index in [2.05, 4.69) is 4.98 Å². The number of rotatable bonds is 3. The van der Waals surface area contributed by atoms with Crippen molar-refractivity contribution in [1.82, 2.24) is 4.98 Å². The fourth-order valence-corrected chi connectivity index (χ4v) is 1.06. The molecule has 1 atom stereocenters. The summed E-state index contributed by atoms with van der Waals surface area (Å²) in [6.07, 6.45) is 0.249. The molecule has 0 amide bonds. The molecule has 0 aromatic carbocycles. The van der Waals surface area contributed by atoms with Crippen molar-refractivity contribution in [3.63, 3.8) is 0 Å². The SMILES string of the molecule is CC(O)Cc1cccc(CN)n1. The molecule has 0 aliphatic carbocycles. The Balaban J connectivity index is 2.72. The van der Waals surface area contributed by atoms with Crippen molar-refractivity contribution >= 4 is 0 Å². The van der Waals surface area contributed by atoms with E-state index in [0.717, 1.165) is 11.4 Å². The second kappa shape index (κ2) is 4.18. The normalized spacial score (nSPS) is 12.9. The van der Waals surface area contributed by atoms with E-state index < -0.39 is 0 Å². The summed E-state index contributed by atoms with van der Waals surface area (Å²) in [6, 6.07) is 5.68. The molecule has 0 saturated carbocycles. The Morgan fingerprint density at radius 3 is 2.75 bits per heavy atom. The summed E-state index contributed by atoms with van der Waals surface area (Å²) < 4.78 is 0. The van der Waals surface area contributed by atoms with Gasteiger partial charge in [-0.1, -0.05) is 6.07 Å². The van der Waals surface area contributed by atoms with E-state index in [-0.39, 0.29) is 6.10 Å². The fraction of sp³-hybridized carbons (Fsp3) is 0.444. The maximum Gasteiger partial charge on any atom is 0.0567 e. The van der Waals surface area contributed by atoms with E-state index >= 15 is 0 Å². The van der Waals surface area contributed by atoms with Gasteiger partial charge in [0, 0.05) is 18.7 Å². The van der Waals surface area contributed by atoms with Gasteiger partial charge in [-0.05, 0) is 19.1 Å². The maximum absolute atomic E-state index is 9.10. The summed E-state index contributed by atoms with van der Waals surface area (Å²) in [5, 5.41) is 9.10. The molecule has 1 aromatic rings. The van der Waals surface area contributed by atoms with Crippen molar-refractivity contribution in [1.29, 1.82) is 0 Å².